The minimum atomic E-state index is 0.359. The molecule has 0 saturated carbocycles. The van der Waals surface area contributed by atoms with Crippen molar-refractivity contribution in [2.24, 2.45) is 0 Å². The number of aliphatic hydroxyl groups is 1. The van der Waals surface area contributed by atoms with Crippen molar-refractivity contribution in [3.63, 3.8) is 0 Å². The highest BCUT2D eigenvalue weighted by atomic mass is 16.2. The average molecular weight is 266 g/mol. The molecule has 0 fully saturated rings. The second-order valence-corrected chi connectivity index (χ2v) is 5.31. The summed E-state index contributed by atoms with van der Waals surface area (Å²) in [5.41, 5.74) is 0. The fraction of sp³-hybridized carbons (Fsp3) is 0.778. The molecule has 0 spiro atoms. The molecule has 0 amide bonds. The van der Waals surface area contributed by atoms with Crippen LogP contribution in [-0.4, -0.2) is 11.7 Å². The number of unbranched alkanes of at least 4 members (excludes halogenated alkanes) is 9. The summed E-state index contributed by atoms with van der Waals surface area (Å²) in [6.45, 7) is 2.60. The van der Waals surface area contributed by atoms with Crippen LogP contribution in [0.1, 0.15) is 84.0 Å². The first kappa shape index (κ1) is 18.4. The Morgan fingerprint density at radius 3 is 1.74 bits per heavy atom. The minimum absolute atomic E-state index is 0.359. The molecule has 0 aromatic heterocycles. The summed E-state index contributed by atoms with van der Waals surface area (Å²) in [5.74, 6) is 0. The van der Waals surface area contributed by atoms with Crippen LogP contribution in [0.25, 0.3) is 0 Å². The number of aliphatic hydroxyl groups excluding tert-OH is 1. The molecular formula is C18H34O. The SMILES string of the molecule is CCCCC=CCC=CCCCCCCCCCO. The summed E-state index contributed by atoms with van der Waals surface area (Å²) >= 11 is 0. The van der Waals surface area contributed by atoms with Gasteiger partial charge in [0.05, 0.1) is 0 Å². The van der Waals surface area contributed by atoms with Crippen LogP contribution in [0.15, 0.2) is 24.3 Å². The topological polar surface area (TPSA) is 20.2 Å². The van der Waals surface area contributed by atoms with Gasteiger partial charge in [-0.2, -0.15) is 0 Å². The fourth-order valence-corrected chi connectivity index (χ4v) is 2.09. The first-order valence-corrected chi connectivity index (χ1v) is 8.32. The van der Waals surface area contributed by atoms with E-state index in [0.717, 1.165) is 12.8 Å². The summed E-state index contributed by atoms with van der Waals surface area (Å²) in [4.78, 5) is 0. The van der Waals surface area contributed by atoms with Crippen molar-refractivity contribution in [3.05, 3.63) is 24.3 Å². The zero-order chi connectivity index (χ0) is 14.0. The lowest BCUT2D eigenvalue weighted by atomic mass is 10.1. The Morgan fingerprint density at radius 1 is 0.632 bits per heavy atom. The van der Waals surface area contributed by atoms with Crippen molar-refractivity contribution in [3.8, 4) is 0 Å². The lowest BCUT2D eigenvalue weighted by molar-refractivity contribution is 0.282. The van der Waals surface area contributed by atoms with Gasteiger partial charge in [-0.3, -0.25) is 0 Å². The summed E-state index contributed by atoms with van der Waals surface area (Å²) in [5, 5.41) is 8.66. The molecular weight excluding hydrogens is 232 g/mol. The van der Waals surface area contributed by atoms with E-state index in [9.17, 15) is 0 Å². The summed E-state index contributed by atoms with van der Waals surface area (Å²) in [6, 6.07) is 0. The Morgan fingerprint density at radius 2 is 1.16 bits per heavy atom. The predicted molar refractivity (Wildman–Crippen MR) is 86.4 cm³/mol. The van der Waals surface area contributed by atoms with Crippen LogP contribution in [0.2, 0.25) is 0 Å². The first-order valence-electron chi connectivity index (χ1n) is 8.32. The average Bonchev–Trinajstić information content (AvgIpc) is 2.43. The highest BCUT2D eigenvalue weighted by Gasteiger charge is 1.90. The predicted octanol–water partition coefficient (Wildman–Crippen LogP) is 5.79. The van der Waals surface area contributed by atoms with E-state index in [0.29, 0.717) is 6.61 Å². The van der Waals surface area contributed by atoms with E-state index in [1.54, 1.807) is 0 Å². The van der Waals surface area contributed by atoms with E-state index in [-0.39, 0.29) is 0 Å². The zero-order valence-corrected chi connectivity index (χ0v) is 12.9. The largest absolute Gasteiger partial charge is 0.396 e. The molecule has 19 heavy (non-hydrogen) atoms. The highest BCUT2D eigenvalue weighted by Crippen LogP contribution is 2.08. The minimum Gasteiger partial charge on any atom is -0.396 e. The summed E-state index contributed by atoms with van der Waals surface area (Å²) < 4.78 is 0. The third-order valence-corrected chi connectivity index (χ3v) is 3.36. The Balaban J connectivity index is 3.10. The molecule has 0 rings (SSSR count). The molecule has 0 atom stereocenters. The number of allylic oxidation sites excluding steroid dienone is 4. The molecule has 0 heterocycles. The van der Waals surface area contributed by atoms with Crippen molar-refractivity contribution < 1.29 is 5.11 Å². The van der Waals surface area contributed by atoms with Crippen LogP contribution in [0, 0.1) is 0 Å². The molecule has 112 valence electrons. The van der Waals surface area contributed by atoms with E-state index >= 15 is 0 Å². The second-order valence-electron chi connectivity index (χ2n) is 5.31. The van der Waals surface area contributed by atoms with Crippen LogP contribution in [0.5, 0.6) is 0 Å². The second kappa shape index (κ2) is 17.4. The lowest BCUT2D eigenvalue weighted by Crippen LogP contribution is -1.83. The maximum atomic E-state index is 8.66. The Labute approximate surface area is 120 Å². The number of hydrogen-bond donors (Lipinski definition) is 1. The van der Waals surface area contributed by atoms with Crippen molar-refractivity contribution >= 4 is 0 Å². The quantitative estimate of drug-likeness (QED) is 0.311. The fourth-order valence-electron chi connectivity index (χ4n) is 2.09. The maximum Gasteiger partial charge on any atom is 0.0431 e. The number of hydrogen-bond acceptors (Lipinski definition) is 1. The van der Waals surface area contributed by atoms with E-state index in [1.165, 1.54) is 64.2 Å². The van der Waals surface area contributed by atoms with Gasteiger partial charge in [-0.05, 0) is 32.1 Å². The summed E-state index contributed by atoms with van der Waals surface area (Å²) in [7, 11) is 0. The van der Waals surface area contributed by atoms with Gasteiger partial charge in [0.2, 0.25) is 0 Å². The van der Waals surface area contributed by atoms with Gasteiger partial charge in [0, 0.05) is 6.61 Å². The van der Waals surface area contributed by atoms with Gasteiger partial charge < -0.3 is 5.11 Å². The van der Waals surface area contributed by atoms with Crippen LogP contribution in [0.4, 0.5) is 0 Å². The van der Waals surface area contributed by atoms with Gasteiger partial charge >= 0.3 is 0 Å². The van der Waals surface area contributed by atoms with E-state index in [1.807, 2.05) is 0 Å². The zero-order valence-electron chi connectivity index (χ0n) is 12.9. The monoisotopic (exact) mass is 266 g/mol. The van der Waals surface area contributed by atoms with E-state index in [4.69, 9.17) is 5.11 Å². The molecule has 0 unspecified atom stereocenters. The molecule has 0 aliphatic carbocycles. The van der Waals surface area contributed by atoms with Gasteiger partial charge in [0.25, 0.3) is 0 Å². The standard InChI is InChI=1S/C18H34O/c1-2-3-4-5-6-7-8-9-10-11-12-13-14-15-16-17-18-19/h5-6,8-9,19H,2-4,7,10-18H2,1H3. The van der Waals surface area contributed by atoms with Gasteiger partial charge in [-0.25, -0.2) is 0 Å². The Hall–Kier alpha value is -0.560. The third-order valence-electron chi connectivity index (χ3n) is 3.36. The molecule has 0 aromatic rings. The van der Waals surface area contributed by atoms with Gasteiger partial charge in [-0.1, -0.05) is 76.2 Å². The molecule has 0 saturated heterocycles. The van der Waals surface area contributed by atoms with E-state index < -0.39 is 0 Å². The van der Waals surface area contributed by atoms with Crippen LogP contribution in [0.3, 0.4) is 0 Å². The molecule has 0 bridgehead atoms. The van der Waals surface area contributed by atoms with E-state index in [2.05, 4.69) is 31.2 Å². The third kappa shape index (κ3) is 17.4. The number of rotatable bonds is 14. The summed E-state index contributed by atoms with van der Waals surface area (Å²) in [6.07, 6.45) is 24.2. The molecule has 0 aliphatic rings. The van der Waals surface area contributed by atoms with Crippen LogP contribution in [-0.2, 0) is 0 Å². The molecule has 0 radical (unpaired) electrons. The van der Waals surface area contributed by atoms with Crippen molar-refractivity contribution in [2.45, 2.75) is 84.0 Å². The van der Waals surface area contributed by atoms with Crippen molar-refractivity contribution in [1.82, 2.24) is 0 Å². The maximum absolute atomic E-state index is 8.66. The van der Waals surface area contributed by atoms with Crippen molar-refractivity contribution in [1.29, 1.82) is 0 Å². The normalized spacial score (nSPS) is 11.9. The van der Waals surface area contributed by atoms with Crippen LogP contribution >= 0.6 is 0 Å². The molecule has 1 N–H and O–H groups in total. The highest BCUT2D eigenvalue weighted by molar-refractivity contribution is 4.92. The van der Waals surface area contributed by atoms with Gasteiger partial charge in [-0.15, -0.1) is 0 Å². The van der Waals surface area contributed by atoms with Gasteiger partial charge in [0.1, 0.15) is 0 Å². The molecule has 1 heteroatoms. The van der Waals surface area contributed by atoms with Crippen LogP contribution < -0.4 is 0 Å². The molecule has 0 aromatic carbocycles. The first-order chi connectivity index (χ1) is 9.41. The molecule has 1 nitrogen and oxygen atoms in total. The van der Waals surface area contributed by atoms with Gasteiger partial charge in [0.15, 0.2) is 0 Å². The Bertz CT molecular complexity index is 206. The smallest absolute Gasteiger partial charge is 0.0431 e. The van der Waals surface area contributed by atoms with Crippen molar-refractivity contribution in [2.75, 3.05) is 6.61 Å². The lowest BCUT2D eigenvalue weighted by Gasteiger charge is -1.99. The molecule has 0 aliphatic heterocycles. The Kier molecular flexibility index (Phi) is 16.9.